The highest BCUT2D eigenvalue weighted by Gasteiger charge is 2.24. The fourth-order valence-electron chi connectivity index (χ4n) is 2.96. The predicted octanol–water partition coefficient (Wildman–Crippen LogP) is 4.91. The molecule has 0 aliphatic heterocycles. The predicted molar refractivity (Wildman–Crippen MR) is 86.1 cm³/mol. The molecule has 3 atom stereocenters. The number of nitrogens with zero attached hydrogens (tertiary/aromatic N) is 1. The van der Waals surface area contributed by atoms with Crippen molar-refractivity contribution in [3.05, 3.63) is 59.0 Å². The second kappa shape index (κ2) is 5.32. The second-order valence-electron chi connectivity index (χ2n) is 5.66. The number of aromatic nitrogens is 1. The zero-order chi connectivity index (χ0) is 15.1. The van der Waals surface area contributed by atoms with Crippen molar-refractivity contribution in [2.75, 3.05) is 0 Å². The third kappa shape index (κ3) is 2.41. The standard InChI is InChI=1S/C17H18ClFN2/c1-10-6-7-12(19)8-16(10)21-15-5-3-4-14(18)13(15)9-17(21)11(2)20/h3-11,16H,20H2,1-2H3. The van der Waals surface area contributed by atoms with Crippen molar-refractivity contribution in [3.63, 3.8) is 0 Å². The van der Waals surface area contributed by atoms with Crippen LogP contribution >= 0.6 is 11.6 Å². The molecular weight excluding hydrogens is 287 g/mol. The number of allylic oxidation sites excluding steroid dienone is 4. The molecule has 0 fully saturated rings. The van der Waals surface area contributed by atoms with Gasteiger partial charge in [-0.15, -0.1) is 0 Å². The van der Waals surface area contributed by atoms with Crippen molar-refractivity contribution in [3.8, 4) is 0 Å². The van der Waals surface area contributed by atoms with E-state index in [1.54, 1.807) is 6.08 Å². The molecule has 0 spiro atoms. The Kier molecular flexibility index (Phi) is 3.64. The monoisotopic (exact) mass is 304 g/mol. The minimum Gasteiger partial charge on any atom is -0.335 e. The van der Waals surface area contributed by atoms with Gasteiger partial charge in [0.25, 0.3) is 0 Å². The normalized spacial score (nSPS) is 23.4. The van der Waals surface area contributed by atoms with Gasteiger partial charge >= 0.3 is 0 Å². The first-order chi connectivity index (χ1) is 9.99. The van der Waals surface area contributed by atoms with Crippen LogP contribution in [-0.2, 0) is 0 Å². The fourth-order valence-corrected chi connectivity index (χ4v) is 3.18. The van der Waals surface area contributed by atoms with Crippen LogP contribution in [0.25, 0.3) is 10.9 Å². The molecule has 1 aromatic carbocycles. The molecule has 2 aromatic rings. The molecule has 3 rings (SSSR count). The molecule has 2 N–H and O–H groups in total. The number of rotatable bonds is 2. The summed E-state index contributed by atoms with van der Waals surface area (Å²) in [5.41, 5.74) is 8.08. The lowest BCUT2D eigenvalue weighted by Crippen LogP contribution is -2.21. The quantitative estimate of drug-likeness (QED) is 0.839. The lowest BCUT2D eigenvalue weighted by atomic mass is 9.95. The molecule has 0 radical (unpaired) electrons. The van der Waals surface area contributed by atoms with Gasteiger partial charge in [-0.1, -0.05) is 30.7 Å². The van der Waals surface area contributed by atoms with Crippen molar-refractivity contribution in [1.82, 2.24) is 4.57 Å². The van der Waals surface area contributed by atoms with Gasteiger partial charge in [-0.3, -0.25) is 0 Å². The molecule has 1 aromatic heterocycles. The average molecular weight is 305 g/mol. The van der Waals surface area contributed by atoms with Crippen LogP contribution in [-0.4, -0.2) is 4.57 Å². The maximum atomic E-state index is 13.7. The molecule has 110 valence electrons. The third-order valence-electron chi connectivity index (χ3n) is 4.05. The Bertz CT molecular complexity index is 743. The van der Waals surface area contributed by atoms with Crippen LogP contribution in [0.5, 0.6) is 0 Å². The van der Waals surface area contributed by atoms with Crippen molar-refractivity contribution in [2.24, 2.45) is 11.7 Å². The van der Waals surface area contributed by atoms with Gasteiger partial charge in [0.15, 0.2) is 0 Å². The Hall–Kier alpha value is -1.58. The van der Waals surface area contributed by atoms with Crippen molar-refractivity contribution < 1.29 is 4.39 Å². The van der Waals surface area contributed by atoms with Gasteiger partial charge in [-0.2, -0.15) is 0 Å². The van der Waals surface area contributed by atoms with E-state index in [1.807, 2.05) is 37.3 Å². The van der Waals surface area contributed by atoms with E-state index >= 15 is 0 Å². The van der Waals surface area contributed by atoms with Crippen LogP contribution in [0.1, 0.15) is 31.6 Å². The summed E-state index contributed by atoms with van der Waals surface area (Å²) in [6.45, 7) is 4.01. The fraction of sp³-hybridized carbons (Fsp3) is 0.294. The van der Waals surface area contributed by atoms with E-state index in [4.69, 9.17) is 17.3 Å². The highest BCUT2D eigenvalue weighted by molar-refractivity contribution is 6.35. The first-order valence-electron chi connectivity index (χ1n) is 7.09. The Labute approximate surface area is 128 Å². The lowest BCUT2D eigenvalue weighted by molar-refractivity contribution is 0.459. The van der Waals surface area contributed by atoms with Crippen molar-refractivity contribution in [1.29, 1.82) is 0 Å². The number of benzene rings is 1. The lowest BCUT2D eigenvalue weighted by Gasteiger charge is -2.27. The minimum absolute atomic E-state index is 0.0908. The molecule has 1 heterocycles. The molecule has 1 aliphatic carbocycles. The van der Waals surface area contributed by atoms with Gasteiger partial charge in [0, 0.05) is 22.1 Å². The van der Waals surface area contributed by atoms with Crippen molar-refractivity contribution >= 4 is 22.5 Å². The molecule has 0 amide bonds. The minimum atomic E-state index is -0.211. The molecule has 1 aliphatic rings. The number of halogens is 2. The van der Waals surface area contributed by atoms with Gasteiger partial charge in [-0.25, -0.2) is 4.39 Å². The molecule has 0 bridgehead atoms. The summed E-state index contributed by atoms with van der Waals surface area (Å²) < 4.78 is 15.8. The maximum Gasteiger partial charge on any atom is 0.121 e. The summed E-state index contributed by atoms with van der Waals surface area (Å²) in [6.07, 6.45) is 5.06. The van der Waals surface area contributed by atoms with Crippen LogP contribution in [0, 0.1) is 5.92 Å². The van der Waals surface area contributed by atoms with Crippen LogP contribution in [0.3, 0.4) is 0 Å². The van der Waals surface area contributed by atoms with Crippen LogP contribution in [0.2, 0.25) is 5.02 Å². The van der Waals surface area contributed by atoms with Gasteiger partial charge < -0.3 is 10.3 Å². The molecule has 3 unspecified atom stereocenters. The Morgan fingerprint density at radius 1 is 1.38 bits per heavy atom. The largest absolute Gasteiger partial charge is 0.335 e. The Balaban J connectivity index is 2.28. The Morgan fingerprint density at radius 2 is 2.14 bits per heavy atom. The summed E-state index contributed by atoms with van der Waals surface area (Å²) >= 11 is 6.29. The highest BCUT2D eigenvalue weighted by Crippen LogP contribution is 2.37. The van der Waals surface area contributed by atoms with E-state index in [0.717, 1.165) is 16.6 Å². The highest BCUT2D eigenvalue weighted by atomic mass is 35.5. The van der Waals surface area contributed by atoms with Gasteiger partial charge in [-0.05, 0) is 43.2 Å². The third-order valence-corrected chi connectivity index (χ3v) is 4.38. The molecule has 4 heteroatoms. The van der Waals surface area contributed by atoms with Crippen LogP contribution in [0.15, 0.2) is 48.3 Å². The first kappa shape index (κ1) is 14.4. The summed E-state index contributed by atoms with van der Waals surface area (Å²) in [5.74, 6) is -0.0193. The van der Waals surface area contributed by atoms with E-state index in [2.05, 4.69) is 11.5 Å². The molecule has 0 saturated carbocycles. The number of hydrogen-bond donors (Lipinski definition) is 1. The maximum absolute atomic E-state index is 13.7. The summed E-state index contributed by atoms with van der Waals surface area (Å²) in [5, 5.41) is 1.65. The zero-order valence-electron chi connectivity index (χ0n) is 12.1. The van der Waals surface area contributed by atoms with Gasteiger partial charge in [0.1, 0.15) is 5.83 Å². The zero-order valence-corrected chi connectivity index (χ0v) is 12.8. The summed E-state index contributed by atoms with van der Waals surface area (Å²) in [6, 6.07) is 7.55. The first-order valence-corrected chi connectivity index (χ1v) is 7.47. The molecule has 0 saturated heterocycles. The topological polar surface area (TPSA) is 30.9 Å². The summed E-state index contributed by atoms with van der Waals surface area (Å²) in [4.78, 5) is 0. The number of hydrogen-bond acceptors (Lipinski definition) is 1. The smallest absolute Gasteiger partial charge is 0.121 e. The number of nitrogens with two attached hydrogens (primary N) is 1. The number of fused-ring (bicyclic) bond motifs is 1. The van der Waals surface area contributed by atoms with E-state index in [-0.39, 0.29) is 23.8 Å². The Morgan fingerprint density at radius 3 is 2.86 bits per heavy atom. The van der Waals surface area contributed by atoms with Crippen LogP contribution in [0.4, 0.5) is 4.39 Å². The van der Waals surface area contributed by atoms with Gasteiger partial charge in [0.2, 0.25) is 0 Å². The molecule has 21 heavy (non-hydrogen) atoms. The SMILES string of the molecule is CC(N)c1cc2c(Cl)cccc2n1C1C=C(F)C=CC1C. The van der Waals surface area contributed by atoms with Crippen molar-refractivity contribution in [2.45, 2.75) is 25.9 Å². The van der Waals surface area contributed by atoms with Crippen LogP contribution < -0.4 is 5.73 Å². The molecule has 2 nitrogen and oxygen atoms in total. The average Bonchev–Trinajstić information content (AvgIpc) is 2.82. The van der Waals surface area contributed by atoms with E-state index < -0.39 is 0 Å². The van der Waals surface area contributed by atoms with E-state index in [1.165, 1.54) is 6.08 Å². The van der Waals surface area contributed by atoms with E-state index in [9.17, 15) is 4.39 Å². The second-order valence-corrected chi connectivity index (χ2v) is 6.07. The van der Waals surface area contributed by atoms with E-state index in [0.29, 0.717) is 5.02 Å². The summed E-state index contributed by atoms with van der Waals surface area (Å²) in [7, 11) is 0. The van der Waals surface area contributed by atoms with Gasteiger partial charge in [0.05, 0.1) is 11.6 Å². The molecular formula is C17H18ClFN2.